The Morgan fingerprint density at radius 2 is 2.00 bits per heavy atom. The van der Waals surface area contributed by atoms with Gasteiger partial charge in [0.05, 0.1) is 23.0 Å². The van der Waals surface area contributed by atoms with Gasteiger partial charge in [0, 0.05) is 12.7 Å². The van der Waals surface area contributed by atoms with Crippen LogP contribution in [0.25, 0.3) is 10.2 Å². The van der Waals surface area contributed by atoms with E-state index in [-0.39, 0.29) is 16.7 Å². The zero-order valence-electron chi connectivity index (χ0n) is 17.9. The number of hydrogen-bond donors (Lipinski definition) is 1. The average molecular weight is 465 g/mol. The Kier molecular flexibility index (Phi) is 7.02. The molecule has 0 spiro atoms. The van der Waals surface area contributed by atoms with Crippen molar-refractivity contribution in [2.24, 2.45) is 0 Å². The Morgan fingerprint density at radius 1 is 1.19 bits per heavy atom. The van der Waals surface area contributed by atoms with Crippen molar-refractivity contribution in [2.75, 3.05) is 0 Å². The maximum Gasteiger partial charge on any atom is 0.272 e. The molecule has 0 aliphatic carbocycles. The van der Waals surface area contributed by atoms with Gasteiger partial charge in [0.15, 0.2) is 5.16 Å². The van der Waals surface area contributed by atoms with Gasteiger partial charge in [0.2, 0.25) is 5.91 Å². The molecule has 1 amide bonds. The minimum atomic E-state index is -0.363. The number of benzene rings is 1. The molecular formula is C24H24N4O2S2. The van der Waals surface area contributed by atoms with E-state index in [4.69, 9.17) is 4.98 Å². The van der Waals surface area contributed by atoms with Gasteiger partial charge in [-0.15, -0.1) is 11.3 Å². The predicted octanol–water partition coefficient (Wildman–Crippen LogP) is 4.40. The van der Waals surface area contributed by atoms with Crippen molar-refractivity contribution in [2.45, 2.75) is 43.8 Å². The van der Waals surface area contributed by atoms with E-state index in [1.807, 2.05) is 67.8 Å². The van der Waals surface area contributed by atoms with Crippen molar-refractivity contribution in [1.82, 2.24) is 19.9 Å². The Morgan fingerprint density at radius 3 is 2.72 bits per heavy atom. The molecule has 0 radical (unpaired) electrons. The van der Waals surface area contributed by atoms with Gasteiger partial charge in [-0.1, -0.05) is 54.6 Å². The Hall–Kier alpha value is -2.97. The van der Waals surface area contributed by atoms with Gasteiger partial charge >= 0.3 is 0 Å². The molecule has 0 bridgehead atoms. The molecule has 4 aromatic rings. The zero-order valence-corrected chi connectivity index (χ0v) is 19.6. The van der Waals surface area contributed by atoms with Crippen LogP contribution in [0.3, 0.4) is 0 Å². The second-order valence-electron chi connectivity index (χ2n) is 7.46. The summed E-state index contributed by atoms with van der Waals surface area (Å²) in [7, 11) is 0. The van der Waals surface area contributed by atoms with E-state index >= 15 is 0 Å². The summed E-state index contributed by atoms with van der Waals surface area (Å²) in [5, 5.41) is 5.05. The van der Waals surface area contributed by atoms with Gasteiger partial charge in [-0.2, -0.15) is 0 Å². The van der Waals surface area contributed by atoms with E-state index in [2.05, 4.69) is 10.3 Å². The van der Waals surface area contributed by atoms with Gasteiger partial charge in [0.25, 0.3) is 5.56 Å². The van der Waals surface area contributed by atoms with Gasteiger partial charge < -0.3 is 5.32 Å². The molecule has 0 unspecified atom stereocenters. The molecule has 1 atom stereocenters. The first-order valence-corrected chi connectivity index (χ1v) is 12.2. The van der Waals surface area contributed by atoms with Crippen molar-refractivity contribution >= 4 is 39.2 Å². The maximum atomic E-state index is 13.2. The highest BCUT2D eigenvalue weighted by atomic mass is 32.2. The third-order valence-electron chi connectivity index (χ3n) is 5.08. The number of hydrogen-bond acceptors (Lipinski definition) is 6. The topological polar surface area (TPSA) is 76.9 Å². The molecule has 0 aliphatic rings. The van der Waals surface area contributed by atoms with Crippen molar-refractivity contribution in [3.63, 3.8) is 0 Å². The second kappa shape index (κ2) is 10.1. The fourth-order valence-electron chi connectivity index (χ4n) is 3.26. The number of nitrogens with one attached hydrogen (secondary N) is 1. The molecule has 0 fully saturated rings. The molecule has 6 nitrogen and oxygen atoms in total. The Balaban J connectivity index is 1.58. The van der Waals surface area contributed by atoms with Crippen LogP contribution in [0, 0.1) is 6.92 Å². The monoisotopic (exact) mass is 464 g/mol. The molecule has 1 aromatic carbocycles. The highest BCUT2D eigenvalue weighted by Crippen LogP contribution is 2.26. The lowest BCUT2D eigenvalue weighted by Crippen LogP contribution is -2.33. The SMILES string of the molecule is CC[C@H](Sc1nc2ccsc2c(=O)n1Cc1ccccn1)C(=O)NCc1ccc(C)cc1. The lowest BCUT2D eigenvalue weighted by Gasteiger charge is -2.17. The van der Waals surface area contributed by atoms with E-state index < -0.39 is 0 Å². The lowest BCUT2D eigenvalue weighted by molar-refractivity contribution is -0.120. The second-order valence-corrected chi connectivity index (χ2v) is 9.55. The number of rotatable bonds is 8. The van der Waals surface area contributed by atoms with E-state index in [0.717, 1.165) is 11.3 Å². The number of fused-ring (bicyclic) bond motifs is 1. The fourth-order valence-corrected chi connectivity index (χ4v) is 5.08. The summed E-state index contributed by atoms with van der Waals surface area (Å²) >= 11 is 2.71. The number of carbonyl (C=O) groups excluding carboxylic acids is 1. The van der Waals surface area contributed by atoms with Crippen LogP contribution in [0.4, 0.5) is 0 Å². The average Bonchev–Trinajstić information content (AvgIpc) is 3.28. The fraction of sp³-hybridized carbons (Fsp3) is 0.250. The standard InChI is InChI=1S/C24H24N4O2S2/c1-3-20(22(29)26-14-17-9-7-16(2)8-10-17)32-24-27-19-11-13-31-21(19)23(30)28(24)15-18-6-4-5-12-25-18/h4-13,20H,3,14-15H2,1-2H3,(H,26,29)/t20-/m0/s1. The molecule has 32 heavy (non-hydrogen) atoms. The number of pyridine rings is 1. The minimum Gasteiger partial charge on any atom is -0.351 e. The molecule has 3 aromatic heterocycles. The first kappa shape index (κ1) is 22.2. The van der Waals surface area contributed by atoms with E-state index in [1.54, 1.807) is 10.8 Å². The third kappa shape index (κ3) is 5.08. The molecule has 3 heterocycles. The van der Waals surface area contributed by atoms with Gasteiger partial charge in [-0.25, -0.2) is 4.98 Å². The molecule has 0 saturated carbocycles. The summed E-state index contributed by atoms with van der Waals surface area (Å²) < 4.78 is 2.24. The molecule has 1 N–H and O–H groups in total. The number of aryl methyl sites for hydroxylation is 1. The Labute approximate surface area is 194 Å². The number of thiophene rings is 1. The molecule has 8 heteroatoms. The molecule has 0 saturated heterocycles. The van der Waals surface area contributed by atoms with E-state index in [9.17, 15) is 9.59 Å². The van der Waals surface area contributed by atoms with Crippen molar-refractivity contribution in [3.8, 4) is 0 Å². The maximum absolute atomic E-state index is 13.2. The Bertz CT molecular complexity index is 1270. The van der Waals surface area contributed by atoms with Crippen LogP contribution < -0.4 is 10.9 Å². The van der Waals surface area contributed by atoms with Crippen LogP contribution in [-0.2, 0) is 17.9 Å². The highest BCUT2D eigenvalue weighted by Gasteiger charge is 2.22. The van der Waals surface area contributed by atoms with Crippen molar-refractivity contribution < 1.29 is 4.79 Å². The molecular weight excluding hydrogens is 440 g/mol. The van der Waals surface area contributed by atoms with Crippen LogP contribution in [0.5, 0.6) is 0 Å². The summed E-state index contributed by atoms with van der Waals surface area (Å²) in [6, 6.07) is 15.5. The lowest BCUT2D eigenvalue weighted by atomic mass is 10.1. The number of thioether (sulfide) groups is 1. The first-order valence-electron chi connectivity index (χ1n) is 10.4. The van der Waals surface area contributed by atoms with Gasteiger partial charge in [-0.05, 0) is 42.5 Å². The van der Waals surface area contributed by atoms with Crippen LogP contribution in [-0.4, -0.2) is 25.7 Å². The van der Waals surface area contributed by atoms with E-state index in [0.29, 0.717) is 34.9 Å². The summed E-state index contributed by atoms with van der Waals surface area (Å²) in [6.45, 7) is 4.78. The largest absolute Gasteiger partial charge is 0.351 e. The number of aromatic nitrogens is 3. The first-order chi connectivity index (χ1) is 15.5. The molecule has 0 aliphatic heterocycles. The highest BCUT2D eigenvalue weighted by molar-refractivity contribution is 8.00. The smallest absolute Gasteiger partial charge is 0.272 e. The van der Waals surface area contributed by atoms with Crippen LogP contribution in [0.2, 0.25) is 0 Å². The van der Waals surface area contributed by atoms with E-state index in [1.165, 1.54) is 28.7 Å². The summed E-state index contributed by atoms with van der Waals surface area (Å²) in [5.41, 5.74) is 3.56. The normalized spacial score (nSPS) is 12.1. The van der Waals surface area contributed by atoms with Crippen molar-refractivity contribution in [1.29, 1.82) is 0 Å². The van der Waals surface area contributed by atoms with Crippen molar-refractivity contribution in [3.05, 3.63) is 87.3 Å². The number of amides is 1. The number of nitrogens with zero attached hydrogens (tertiary/aromatic N) is 3. The third-order valence-corrected chi connectivity index (χ3v) is 7.32. The quantitative estimate of drug-likeness (QED) is 0.309. The number of carbonyl (C=O) groups is 1. The summed E-state index contributed by atoms with van der Waals surface area (Å²) in [6.07, 6.45) is 2.32. The zero-order chi connectivity index (χ0) is 22.5. The van der Waals surface area contributed by atoms with Gasteiger partial charge in [0.1, 0.15) is 4.70 Å². The summed E-state index contributed by atoms with van der Waals surface area (Å²) in [5.74, 6) is -0.0675. The van der Waals surface area contributed by atoms with Crippen LogP contribution >= 0.6 is 23.1 Å². The minimum absolute atomic E-state index is 0.0675. The predicted molar refractivity (Wildman–Crippen MR) is 130 cm³/mol. The molecule has 4 rings (SSSR count). The molecule has 164 valence electrons. The van der Waals surface area contributed by atoms with Crippen LogP contribution in [0.15, 0.2) is 70.1 Å². The van der Waals surface area contributed by atoms with Gasteiger partial charge in [-0.3, -0.25) is 19.1 Å². The summed E-state index contributed by atoms with van der Waals surface area (Å²) in [4.78, 5) is 35.2. The van der Waals surface area contributed by atoms with Crippen LogP contribution in [0.1, 0.15) is 30.2 Å².